The molecule has 5 aromatic heterocycles. The highest BCUT2D eigenvalue weighted by molar-refractivity contribution is 5.94. The van der Waals surface area contributed by atoms with E-state index < -0.39 is 0 Å². The van der Waals surface area contributed by atoms with Gasteiger partial charge in [0, 0.05) is 54.2 Å². The highest BCUT2D eigenvalue weighted by Gasteiger charge is 2.14. The van der Waals surface area contributed by atoms with Gasteiger partial charge in [-0.3, -0.25) is 14.9 Å². The lowest BCUT2D eigenvalue weighted by Gasteiger charge is -2.10. The Morgan fingerprint density at radius 3 is 2.55 bits per heavy atom. The van der Waals surface area contributed by atoms with E-state index in [-0.39, 0.29) is 5.91 Å². The summed E-state index contributed by atoms with van der Waals surface area (Å²) >= 11 is 0. The van der Waals surface area contributed by atoms with E-state index in [1.807, 2.05) is 57.3 Å². The molecule has 5 rings (SSSR count). The zero-order valence-corrected chi connectivity index (χ0v) is 21.6. The van der Waals surface area contributed by atoms with Gasteiger partial charge >= 0.3 is 0 Å². The number of amides is 1. The molecule has 0 saturated heterocycles. The molecule has 0 aliphatic rings. The summed E-state index contributed by atoms with van der Waals surface area (Å²) in [5.41, 5.74) is 5.55. The maximum atomic E-state index is 12.9. The topological polar surface area (TPSA) is 139 Å². The maximum Gasteiger partial charge on any atom is 0.270 e. The number of anilines is 2. The Kier molecular flexibility index (Phi) is 6.90. The number of nitrogens with zero attached hydrogens (tertiary/aromatic N) is 7. The highest BCUT2D eigenvalue weighted by Crippen LogP contribution is 2.22. The number of aromatic nitrogens is 8. The second kappa shape index (κ2) is 10.6. The normalized spacial score (nSPS) is 10.9. The number of hydrogen-bond donors (Lipinski definition) is 3. The number of carbonyl (C=O) groups is 1. The van der Waals surface area contributed by atoms with Crippen molar-refractivity contribution >= 4 is 17.5 Å². The first-order chi connectivity index (χ1) is 18.4. The Hall–Kier alpha value is -4.93. The van der Waals surface area contributed by atoms with E-state index in [0.29, 0.717) is 35.5 Å². The summed E-state index contributed by atoms with van der Waals surface area (Å²) in [6.45, 7) is 8.11. The number of aromatic amines is 1. The zero-order valence-electron chi connectivity index (χ0n) is 21.6. The standard InChI is InChI=1S/C27H28N10O/c1-5-21-10-23(36-35-21)33-22-9-18(4)32-26(34-22)20-8-17(3)25(29-14-20)27(38)30-13-19-6-7-24(28-12-19)37-15-16(2)11-31-37/h6-12,14-15H,5,13H2,1-4H3,(H,30,38)(H2,32,33,34,35,36). The Balaban J connectivity index is 1.26. The van der Waals surface area contributed by atoms with E-state index in [2.05, 4.69) is 52.8 Å². The van der Waals surface area contributed by atoms with Crippen LogP contribution in [0.15, 0.2) is 55.1 Å². The highest BCUT2D eigenvalue weighted by atomic mass is 16.1. The van der Waals surface area contributed by atoms with Crippen molar-refractivity contribution in [3.8, 4) is 17.2 Å². The fraction of sp³-hybridized carbons (Fsp3) is 0.222. The lowest BCUT2D eigenvalue weighted by molar-refractivity contribution is 0.0945. The summed E-state index contributed by atoms with van der Waals surface area (Å²) in [7, 11) is 0. The van der Waals surface area contributed by atoms with Crippen LogP contribution in [-0.4, -0.2) is 45.8 Å². The van der Waals surface area contributed by atoms with Gasteiger partial charge in [-0.05, 0) is 56.0 Å². The van der Waals surface area contributed by atoms with Crippen LogP contribution in [0.4, 0.5) is 11.6 Å². The van der Waals surface area contributed by atoms with Crippen molar-refractivity contribution in [1.82, 2.24) is 45.2 Å². The molecule has 0 fully saturated rings. The lowest BCUT2D eigenvalue weighted by Crippen LogP contribution is -2.24. The molecule has 0 radical (unpaired) electrons. The Morgan fingerprint density at radius 1 is 1.00 bits per heavy atom. The lowest BCUT2D eigenvalue weighted by atomic mass is 10.1. The van der Waals surface area contributed by atoms with Gasteiger partial charge < -0.3 is 10.6 Å². The van der Waals surface area contributed by atoms with Crippen molar-refractivity contribution in [3.63, 3.8) is 0 Å². The van der Waals surface area contributed by atoms with Crippen LogP contribution >= 0.6 is 0 Å². The average molecular weight is 509 g/mol. The van der Waals surface area contributed by atoms with Crippen LogP contribution in [0.1, 0.15) is 45.5 Å². The van der Waals surface area contributed by atoms with Gasteiger partial charge in [0.1, 0.15) is 11.5 Å². The largest absolute Gasteiger partial charge is 0.347 e. The third-order valence-corrected chi connectivity index (χ3v) is 5.88. The Bertz CT molecular complexity index is 1590. The monoisotopic (exact) mass is 508 g/mol. The van der Waals surface area contributed by atoms with Gasteiger partial charge in [-0.1, -0.05) is 13.0 Å². The second-order valence-electron chi connectivity index (χ2n) is 9.03. The van der Waals surface area contributed by atoms with E-state index >= 15 is 0 Å². The molecular weight excluding hydrogens is 480 g/mol. The van der Waals surface area contributed by atoms with Crippen molar-refractivity contribution in [2.75, 3.05) is 5.32 Å². The number of nitrogens with one attached hydrogen (secondary N) is 3. The maximum absolute atomic E-state index is 12.9. The Morgan fingerprint density at radius 2 is 1.87 bits per heavy atom. The fourth-order valence-electron chi connectivity index (χ4n) is 3.90. The molecule has 5 heterocycles. The number of pyridine rings is 2. The molecule has 3 N–H and O–H groups in total. The summed E-state index contributed by atoms with van der Waals surface area (Å²) in [5, 5.41) is 17.6. The summed E-state index contributed by atoms with van der Waals surface area (Å²) < 4.78 is 1.71. The molecule has 192 valence electrons. The molecule has 0 aliphatic heterocycles. The van der Waals surface area contributed by atoms with Gasteiger partial charge in [0.25, 0.3) is 5.91 Å². The van der Waals surface area contributed by atoms with Crippen LogP contribution in [0.25, 0.3) is 17.2 Å². The van der Waals surface area contributed by atoms with Gasteiger partial charge in [0.15, 0.2) is 17.5 Å². The van der Waals surface area contributed by atoms with E-state index in [1.165, 1.54) is 0 Å². The molecule has 5 aromatic rings. The summed E-state index contributed by atoms with van der Waals surface area (Å²) in [6, 6.07) is 9.44. The number of aryl methyl sites for hydroxylation is 4. The van der Waals surface area contributed by atoms with Crippen LogP contribution in [0.3, 0.4) is 0 Å². The number of rotatable bonds is 8. The minimum absolute atomic E-state index is 0.265. The van der Waals surface area contributed by atoms with Gasteiger partial charge in [-0.15, -0.1) is 0 Å². The predicted molar refractivity (Wildman–Crippen MR) is 143 cm³/mol. The zero-order chi connectivity index (χ0) is 26.6. The van der Waals surface area contributed by atoms with Gasteiger partial charge in [0.05, 0.1) is 6.20 Å². The van der Waals surface area contributed by atoms with Crippen LogP contribution < -0.4 is 10.6 Å². The first kappa shape index (κ1) is 24.8. The summed E-state index contributed by atoms with van der Waals surface area (Å²) in [6.07, 6.45) is 7.89. The smallest absolute Gasteiger partial charge is 0.270 e. The first-order valence-electron chi connectivity index (χ1n) is 12.3. The van der Waals surface area contributed by atoms with Crippen molar-refractivity contribution < 1.29 is 4.79 Å². The quantitative estimate of drug-likeness (QED) is 0.286. The molecule has 0 atom stereocenters. The van der Waals surface area contributed by atoms with E-state index in [4.69, 9.17) is 0 Å². The number of hydrogen-bond acceptors (Lipinski definition) is 8. The number of carbonyl (C=O) groups excluding carboxylic acids is 1. The van der Waals surface area contributed by atoms with Crippen LogP contribution in [0.5, 0.6) is 0 Å². The molecule has 0 spiro atoms. The minimum atomic E-state index is -0.265. The molecule has 11 heteroatoms. The minimum Gasteiger partial charge on any atom is -0.347 e. The molecule has 0 aliphatic carbocycles. The fourth-order valence-corrected chi connectivity index (χ4v) is 3.90. The predicted octanol–water partition coefficient (Wildman–Crippen LogP) is 4.00. The van der Waals surface area contributed by atoms with Crippen molar-refractivity contribution in [3.05, 3.63) is 88.9 Å². The van der Waals surface area contributed by atoms with Crippen molar-refractivity contribution in [2.24, 2.45) is 0 Å². The second-order valence-corrected chi connectivity index (χ2v) is 9.03. The van der Waals surface area contributed by atoms with E-state index in [0.717, 1.165) is 40.1 Å². The van der Waals surface area contributed by atoms with Gasteiger partial charge in [0.2, 0.25) is 0 Å². The van der Waals surface area contributed by atoms with Crippen LogP contribution in [-0.2, 0) is 13.0 Å². The molecule has 0 unspecified atom stereocenters. The summed E-state index contributed by atoms with van der Waals surface area (Å²) in [4.78, 5) is 30.9. The molecule has 0 aromatic carbocycles. The molecule has 1 amide bonds. The van der Waals surface area contributed by atoms with Gasteiger partial charge in [-0.2, -0.15) is 10.2 Å². The van der Waals surface area contributed by atoms with Gasteiger partial charge in [-0.25, -0.2) is 19.6 Å². The van der Waals surface area contributed by atoms with E-state index in [1.54, 1.807) is 23.3 Å². The molecular formula is C27H28N10O. The summed E-state index contributed by atoms with van der Waals surface area (Å²) in [5.74, 6) is 2.28. The van der Waals surface area contributed by atoms with Crippen LogP contribution in [0.2, 0.25) is 0 Å². The first-order valence-corrected chi connectivity index (χ1v) is 12.3. The molecule has 0 saturated carbocycles. The third-order valence-electron chi connectivity index (χ3n) is 5.88. The molecule has 11 nitrogen and oxygen atoms in total. The SMILES string of the molecule is CCc1cc(Nc2cc(C)nc(-c3cnc(C(=O)NCc4ccc(-n5cc(C)cn5)nc4)c(C)c3)n2)n[nH]1. The Labute approximate surface area is 219 Å². The number of H-pyrrole nitrogens is 1. The van der Waals surface area contributed by atoms with Crippen LogP contribution in [0, 0.1) is 20.8 Å². The average Bonchev–Trinajstić information content (AvgIpc) is 3.56. The van der Waals surface area contributed by atoms with E-state index in [9.17, 15) is 4.79 Å². The molecule has 38 heavy (non-hydrogen) atoms. The third kappa shape index (κ3) is 5.56. The molecule has 0 bridgehead atoms. The van der Waals surface area contributed by atoms with Crippen molar-refractivity contribution in [1.29, 1.82) is 0 Å². The van der Waals surface area contributed by atoms with Crippen molar-refractivity contribution in [2.45, 2.75) is 40.7 Å².